The van der Waals surface area contributed by atoms with Gasteiger partial charge in [0.1, 0.15) is 0 Å². The number of rotatable bonds is 3. The van der Waals surface area contributed by atoms with Crippen LogP contribution in [-0.4, -0.2) is 16.1 Å². The SMILES string of the molecule is Cc1c(Cl)cccc1NC(=O)c1ccc(C2CC2)nn1. The fourth-order valence-corrected chi connectivity index (χ4v) is 2.16. The Hall–Kier alpha value is -1.94. The van der Waals surface area contributed by atoms with Gasteiger partial charge in [-0.15, -0.1) is 5.10 Å². The normalized spacial score (nSPS) is 14.1. The third-order valence-electron chi connectivity index (χ3n) is 3.43. The predicted octanol–water partition coefficient (Wildman–Crippen LogP) is 3.57. The molecule has 102 valence electrons. The molecule has 3 rings (SSSR count). The second-order valence-electron chi connectivity index (χ2n) is 4.98. The van der Waals surface area contributed by atoms with Gasteiger partial charge in [-0.1, -0.05) is 17.7 Å². The summed E-state index contributed by atoms with van der Waals surface area (Å²) in [5.74, 6) is 0.264. The van der Waals surface area contributed by atoms with Crippen molar-refractivity contribution >= 4 is 23.2 Å². The lowest BCUT2D eigenvalue weighted by molar-refractivity contribution is 0.102. The molecule has 0 atom stereocenters. The van der Waals surface area contributed by atoms with Gasteiger partial charge in [0.25, 0.3) is 5.91 Å². The highest BCUT2D eigenvalue weighted by molar-refractivity contribution is 6.31. The van der Waals surface area contributed by atoms with Crippen molar-refractivity contribution in [2.75, 3.05) is 5.32 Å². The fraction of sp³-hybridized carbons (Fsp3) is 0.267. The molecule has 1 N–H and O–H groups in total. The largest absolute Gasteiger partial charge is 0.320 e. The van der Waals surface area contributed by atoms with E-state index in [1.807, 2.05) is 19.1 Å². The van der Waals surface area contributed by atoms with E-state index in [-0.39, 0.29) is 5.91 Å². The van der Waals surface area contributed by atoms with Gasteiger partial charge in [0, 0.05) is 16.6 Å². The maximum atomic E-state index is 12.1. The molecule has 1 aliphatic rings. The Morgan fingerprint density at radius 1 is 1.25 bits per heavy atom. The standard InChI is InChI=1S/C15H14ClN3O/c1-9-11(16)3-2-4-12(9)17-15(20)14-8-7-13(18-19-14)10-5-6-10/h2-4,7-8,10H,5-6H2,1H3,(H,17,20). The molecule has 1 amide bonds. The van der Waals surface area contributed by atoms with Crippen molar-refractivity contribution in [2.45, 2.75) is 25.7 Å². The van der Waals surface area contributed by atoms with Crippen LogP contribution in [0.3, 0.4) is 0 Å². The number of nitrogens with zero attached hydrogens (tertiary/aromatic N) is 2. The molecule has 0 radical (unpaired) electrons. The number of anilines is 1. The first-order chi connectivity index (χ1) is 9.65. The van der Waals surface area contributed by atoms with Crippen LogP contribution < -0.4 is 5.32 Å². The van der Waals surface area contributed by atoms with Gasteiger partial charge in [0.05, 0.1) is 5.69 Å². The lowest BCUT2D eigenvalue weighted by atomic mass is 10.2. The van der Waals surface area contributed by atoms with E-state index in [9.17, 15) is 4.79 Å². The summed E-state index contributed by atoms with van der Waals surface area (Å²) in [5, 5.41) is 11.5. The fourth-order valence-electron chi connectivity index (χ4n) is 1.99. The summed E-state index contributed by atoms with van der Waals surface area (Å²) in [6.45, 7) is 1.86. The van der Waals surface area contributed by atoms with Gasteiger partial charge in [0.2, 0.25) is 0 Å². The van der Waals surface area contributed by atoms with Gasteiger partial charge in [-0.05, 0) is 49.6 Å². The van der Waals surface area contributed by atoms with Crippen molar-refractivity contribution in [3.05, 3.63) is 52.3 Å². The van der Waals surface area contributed by atoms with Crippen LogP contribution in [0.1, 0.15) is 40.5 Å². The summed E-state index contributed by atoms with van der Waals surface area (Å²) < 4.78 is 0. The zero-order valence-electron chi connectivity index (χ0n) is 11.1. The van der Waals surface area contributed by atoms with E-state index in [4.69, 9.17) is 11.6 Å². The molecule has 0 saturated heterocycles. The van der Waals surface area contributed by atoms with Crippen LogP contribution in [-0.2, 0) is 0 Å². The zero-order valence-corrected chi connectivity index (χ0v) is 11.8. The predicted molar refractivity (Wildman–Crippen MR) is 78.1 cm³/mol. The second kappa shape index (κ2) is 5.21. The average Bonchev–Trinajstić information content (AvgIpc) is 3.29. The molecule has 1 aromatic heterocycles. The van der Waals surface area contributed by atoms with Crippen molar-refractivity contribution in [2.24, 2.45) is 0 Å². The van der Waals surface area contributed by atoms with Crippen LogP contribution in [0.5, 0.6) is 0 Å². The molecule has 5 heteroatoms. The lowest BCUT2D eigenvalue weighted by Crippen LogP contribution is -2.15. The Bertz CT molecular complexity index is 651. The van der Waals surface area contributed by atoms with Gasteiger partial charge >= 0.3 is 0 Å². The van der Waals surface area contributed by atoms with Crippen molar-refractivity contribution < 1.29 is 4.79 Å². The Morgan fingerprint density at radius 2 is 2.05 bits per heavy atom. The van der Waals surface area contributed by atoms with Crippen LogP contribution in [0.15, 0.2) is 30.3 Å². The number of aromatic nitrogens is 2. The van der Waals surface area contributed by atoms with Gasteiger partial charge in [0.15, 0.2) is 5.69 Å². The topological polar surface area (TPSA) is 54.9 Å². The number of hydrogen-bond acceptors (Lipinski definition) is 3. The molecule has 1 heterocycles. The Labute approximate surface area is 122 Å². The number of carbonyl (C=O) groups excluding carboxylic acids is 1. The highest BCUT2D eigenvalue weighted by Gasteiger charge is 2.25. The van der Waals surface area contributed by atoms with Crippen molar-refractivity contribution in [1.29, 1.82) is 0 Å². The van der Waals surface area contributed by atoms with E-state index in [1.54, 1.807) is 18.2 Å². The van der Waals surface area contributed by atoms with Gasteiger partial charge in [-0.3, -0.25) is 4.79 Å². The molecule has 4 nitrogen and oxygen atoms in total. The molecule has 1 fully saturated rings. The van der Waals surface area contributed by atoms with E-state index in [0.29, 0.717) is 22.3 Å². The van der Waals surface area contributed by atoms with Gasteiger partial charge in [-0.25, -0.2) is 0 Å². The minimum absolute atomic E-state index is 0.273. The van der Waals surface area contributed by atoms with Gasteiger partial charge < -0.3 is 5.32 Å². The number of hydrogen-bond donors (Lipinski definition) is 1. The molecule has 0 unspecified atom stereocenters. The summed E-state index contributed by atoms with van der Waals surface area (Å²) in [5.41, 5.74) is 2.81. The number of benzene rings is 1. The maximum absolute atomic E-state index is 12.1. The quantitative estimate of drug-likeness (QED) is 0.939. The number of amides is 1. The van der Waals surface area contributed by atoms with Crippen molar-refractivity contribution in [3.63, 3.8) is 0 Å². The number of carbonyl (C=O) groups is 1. The van der Waals surface area contributed by atoms with E-state index >= 15 is 0 Å². The zero-order chi connectivity index (χ0) is 14.1. The van der Waals surface area contributed by atoms with Crippen LogP contribution in [0.25, 0.3) is 0 Å². The molecule has 0 aliphatic heterocycles. The lowest BCUT2D eigenvalue weighted by Gasteiger charge is -2.08. The highest BCUT2D eigenvalue weighted by atomic mass is 35.5. The Kier molecular flexibility index (Phi) is 3.40. The van der Waals surface area contributed by atoms with Gasteiger partial charge in [-0.2, -0.15) is 5.10 Å². The van der Waals surface area contributed by atoms with Crippen molar-refractivity contribution in [1.82, 2.24) is 10.2 Å². The first-order valence-electron chi connectivity index (χ1n) is 6.55. The van der Waals surface area contributed by atoms with Crippen molar-refractivity contribution in [3.8, 4) is 0 Å². The third kappa shape index (κ3) is 2.65. The summed E-state index contributed by atoms with van der Waals surface area (Å²) in [7, 11) is 0. The molecule has 1 aromatic carbocycles. The van der Waals surface area contributed by atoms with Crippen LogP contribution >= 0.6 is 11.6 Å². The summed E-state index contributed by atoms with van der Waals surface area (Å²) in [6, 6.07) is 9.00. The molecule has 0 bridgehead atoms. The minimum atomic E-state index is -0.273. The molecular weight excluding hydrogens is 274 g/mol. The molecule has 0 spiro atoms. The third-order valence-corrected chi connectivity index (χ3v) is 3.84. The summed E-state index contributed by atoms with van der Waals surface area (Å²) in [6.07, 6.45) is 2.34. The highest BCUT2D eigenvalue weighted by Crippen LogP contribution is 2.38. The molecule has 20 heavy (non-hydrogen) atoms. The molecular formula is C15H14ClN3O. The second-order valence-corrected chi connectivity index (χ2v) is 5.39. The average molecular weight is 288 g/mol. The Morgan fingerprint density at radius 3 is 2.70 bits per heavy atom. The van der Waals surface area contributed by atoms with E-state index < -0.39 is 0 Å². The minimum Gasteiger partial charge on any atom is -0.320 e. The van der Waals surface area contributed by atoms with Crippen LogP contribution in [0.4, 0.5) is 5.69 Å². The van der Waals surface area contributed by atoms with E-state index in [1.165, 1.54) is 12.8 Å². The number of nitrogens with one attached hydrogen (secondary N) is 1. The first kappa shape index (κ1) is 13.1. The molecule has 1 aliphatic carbocycles. The Balaban J connectivity index is 1.76. The van der Waals surface area contributed by atoms with E-state index in [2.05, 4.69) is 15.5 Å². The maximum Gasteiger partial charge on any atom is 0.276 e. The van der Waals surface area contributed by atoms with Crippen LogP contribution in [0.2, 0.25) is 5.02 Å². The van der Waals surface area contributed by atoms with E-state index in [0.717, 1.165) is 11.3 Å². The number of halogens is 1. The monoisotopic (exact) mass is 287 g/mol. The smallest absolute Gasteiger partial charge is 0.276 e. The molecule has 2 aromatic rings. The first-order valence-corrected chi connectivity index (χ1v) is 6.93. The molecule has 1 saturated carbocycles. The summed E-state index contributed by atoms with van der Waals surface area (Å²) >= 11 is 6.03. The van der Waals surface area contributed by atoms with Crippen LogP contribution in [0, 0.1) is 6.92 Å². The summed E-state index contributed by atoms with van der Waals surface area (Å²) in [4.78, 5) is 12.1.